The van der Waals surface area contributed by atoms with Gasteiger partial charge in [0.2, 0.25) is 5.95 Å². The Morgan fingerprint density at radius 3 is 2.52 bits per heavy atom. The Hall–Kier alpha value is -1.73. The molecule has 0 aromatic carbocycles. The lowest BCUT2D eigenvalue weighted by atomic mass is 10.3. The van der Waals surface area contributed by atoms with Crippen LogP contribution in [0, 0.1) is 0 Å². The highest BCUT2D eigenvalue weighted by atomic mass is 32.1. The minimum absolute atomic E-state index is 0.710. The maximum absolute atomic E-state index is 4.51. The largest absolute Gasteiger partial charge is 0.357 e. The standard InChI is InChI=1S/C16H24N6S/c1-3-4-14-12-20-16(23-14)19-11-13-9-17-15(18-10-13)22-7-5-21(2)6-8-22/h9-10,12H,3-8,11H2,1-2H3,(H,19,20). The van der Waals surface area contributed by atoms with Gasteiger partial charge in [-0.2, -0.15) is 0 Å². The molecule has 2 aromatic rings. The summed E-state index contributed by atoms with van der Waals surface area (Å²) in [5.41, 5.74) is 1.08. The Bertz CT molecular complexity index is 603. The predicted octanol–water partition coefficient (Wildman–Crippen LogP) is 2.25. The smallest absolute Gasteiger partial charge is 0.225 e. The maximum atomic E-state index is 4.51. The molecule has 1 fully saturated rings. The van der Waals surface area contributed by atoms with E-state index >= 15 is 0 Å². The summed E-state index contributed by atoms with van der Waals surface area (Å²) in [5, 5.41) is 4.32. The number of thiazole rings is 1. The van der Waals surface area contributed by atoms with Gasteiger partial charge in [-0.25, -0.2) is 15.0 Å². The van der Waals surface area contributed by atoms with Crippen molar-refractivity contribution in [2.24, 2.45) is 0 Å². The molecule has 1 aliphatic rings. The second-order valence-corrected chi connectivity index (χ2v) is 7.03. The second kappa shape index (κ2) is 7.70. The summed E-state index contributed by atoms with van der Waals surface area (Å²) in [4.78, 5) is 19.3. The molecule has 3 heterocycles. The van der Waals surface area contributed by atoms with Crippen LogP contribution in [0.2, 0.25) is 0 Å². The van der Waals surface area contributed by atoms with Gasteiger partial charge in [-0.15, -0.1) is 11.3 Å². The number of piperazine rings is 1. The number of aromatic nitrogens is 3. The lowest BCUT2D eigenvalue weighted by molar-refractivity contribution is 0.311. The van der Waals surface area contributed by atoms with E-state index < -0.39 is 0 Å². The van der Waals surface area contributed by atoms with E-state index in [9.17, 15) is 0 Å². The topological polar surface area (TPSA) is 57.2 Å². The van der Waals surface area contributed by atoms with Gasteiger partial charge >= 0.3 is 0 Å². The third kappa shape index (κ3) is 4.39. The normalized spacial score (nSPS) is 15.8. The molecule has 3 rings (SSSR count). The summed E-state index contributed by atoms with van der Waals surface area (Å²) in [6, 6.07) is 0. The first kappa shape index (κ1) is 16.1. The summed E-state index contributed by atoms with van der Waals surface area (Å²) in [7, 11) is 2.15. The van der Waals surface area contributed by atoms with Gasteiger partial charge in [0.1, 0.15) is 0 Å². The molecule has 0 bridgehead atoms. The fourth-order valence-electron chi connectivity index (χ4n) is 2.54. The third-order valence-electron chi connectivity index (χ3n) is 3.97. The predicted molar refractivity (Wildman–Crippen MR) is 95.2 cm³/mol. The zero-order valence-electron chi connectivity index (χ0n) is 13.8. The van der Waals surface area contributed by atoms with Gasteiger partial charge in [-0.1, -0.05) is 13.3 Å². The fraction of sp³-hybridized carbons (Fsp3) is 0.562. The summed E-state index contributed by atoms with van der Waals surface area (Å²) in [5.74, 6) is 0.835. The molecule has 1 saturated heterocycles. The van der Waals surface area contributed by atoms with Crippen LogP contribution in [-0.4, -0.2) is 53.1 Å². The molecule has 1 aliphatic heterocycles. The molecule has 0 radical (unpaired) electrons. The van der Waals surface area contributed by atoms with Gasteiger partial charge in [0, 0.05) is 61.8 Å². The van der Waals surface area contributed by atoms with Crippen LogP contribution in [-0.2, 0) is 13.0 Å². The fourth-order valence-corrected chi connectivity index (χ4v) is 3.45. The number of aryl methyl sites for hydroxylation is 1. The molecule has 7 heteroatoms. The van der Waals surface area contributed by atoms with Crippen molar-refractivity contribution in [2.75, 3.05) is 43.4 Å². The molecule has 0 saturated carbocycles. The second-order valence-electron chi connectivity index (χ2n) is 5.92. The highest BCUT2D eigenvalue weighted by Gasteiger charge is 2.16. The van der Waals surface area contributed by atoms with Gasteiger partial charge in [0.05, 0.1) is 0 Å². The minimum atomic E-state index is 0.710. The number of rotatable bonds is 6. The lowest BCUT2D eigenvalue weighted by Crippen LogP contribution is -2.45. The quantitative estimate of drug-likeness (QED) is 0.875. The van der Waals surface area contributed by atoms with Gasteiger partial charge in [0.15, 0.2) is 5.13 Å². The Balaban J connectivity index is 1.52. The average Bonchev–Trinajstić information content (AvgIpc) is 3.02. The van der Waals surface area contributed by atoms with Gasteiger partial charge in [-0.3, -0.25) is 0 Å². The Morgan fingerprint density at radius 1 is 1.09 bits per heavy atom. The number of hydrogen-bond donors (Lipinski definition) is 1. The van der Waals surface area contributed by atoms with Crippen LogP contribution in [0.4, 0.5) is 11.1 Å². The molecule has 23 heavy (non-hydrogen) atoms. The molecular weight excluding hydrogens is 308 g/mol. The van der Waals surface area contributed by atoms with Crippen molar-refractivity contribution in [2.45, 2.75) is 26.3 Å². The van der Waals surface area contributed by atoms with E-state index in [1.165, 1.54) is 4.88 Å². The van der Waals surface area contributed by atoms with E-state index in [4.69, 9.17) is 0 Å². The molecule has 2 aromatic heterocycles. The van der Waals surface area contributed by atoms with Crippen LogP contribution in [0.1, 0.15) is 23.8 Å². The Labute approximate surface area is 141 Å². The van der Waals surface area contributed by atoms with Crippen LogP contribution in [0.15, 0.2) is 18.6 Å². The number of likely N-dealkylation sites (N-methyl/N-ethyl adjacent to an activating group) is 1. The number of nitrogens with zero attached hydrogens (tertiary/aromatic N) is 5. The van der Waals surface area contributed by atoms with Crippen molar-refractivity contribution in [3.8, 4) is 0 Å². The highest BCUT2D eigenvalue weighted by Crippen LogP contribution is 2.20. The van der Waals surface area contributed by atoms with Crippen LogP contribution in [0.25, 0.3) is 0 Å². The molecule has 0 atom stereocenters. The van der Waals surface area contributed by atoms with Crippen molar-refractivity contribution in [3.05, 3.63) is 29.0 Å². The number of hydrogen-bond acceptors (Lipinski definition) is 7. The SMILES string of the molecule is CCCc1cnc(NCc2cnc(N3CCN(C)CC3)nc2)s1. The van der Waals surface area contributed by atoms with E-state index in [2.05, 4.69) is 44.0 Å². The number of anilines is 2. The van der Waals surface area contributed by atoms with Crippen molar-refractivity contribution < 1.29 is 0 Å². The molecular formula is C16H24N6S. The number of nitrogens with one attached hydrogen (secondary N) is 1. The molecule has 0 unspecified atom stereocenters. The van der Waals surface area contributed by atoms with E-state index in [1.807, 2.05) is 18.6 Å². The minimum Gasteiger partial charge on any atom is -0.357 e. The van der Waals surface area contributed by atoms with E-state index in [0.717, 1.165) is 55.7 Å². The lowest BCUT2D eigenvalue weighted by Gasteiger charge is -2.32. The monoisotopic (exact) mass is 332 g/mol. The molecule has 0 aliphatic carbocycles. The third-order valence-corrected chi connectivity index (χ3v) is 4.99. The summed E-state index contributed by atoms with van der Waals surface area (Å²) < 4.78 is 0. The first-order valence-corrected chi connectivity index (χ1v) is 8.99. The van der Waals surface area contributed by atoms with Crippen LogP contribution in [0.3, 0.4) is 0 Å². The Kier molecular flexibility index (Phi) is 5.40. The van der Waals surface area contributed by atoms with Gasteiger partial charge in [-0.05, 0) is 13.5 Å². The van der Waals surface area contributed by atoms with Gasteiger partial charge < -0.3 is 15.1 Å². The maximum Gasteiger partial charge on any atom is 0.225 e. The Morgan fingerprint density at radius 2 is 1.83 bits per heavy atom. The molecule has 124 valence electrons. The molecule has 0 amide bonds. The first-order valence-electron chi connectivity index (χ1n) is 8.17. The zero-order chi connectivity index (χ0) is 16.1. The summed E-state index contributed by atoms with van der Waals surface area (Å²) in [6.07, 6.45) is 8.04. The molecule has 1 N–H and O–H groups in total. The van der Waals surface area contributed by atoms with Crippen LogP contribution in [0.5, 0.6) is 0 Å². The van der Waals surface area contributed by atoms with E-state index in [0.29, 0.717) is 6.54 Å². The molecule has 6 nitrogen and oxygen atoms in total. The summed E-state index contributed by atoms with van der Waals surface area (Å²) >= 11 is 1.73. The van der Waals surface area contributed by atoms with Crippen molar-refractivity contribution in [1.82, 2.24) is 19.9 Å². The van der Waals surface area contributed by atoms with E-state index in [1.54, 1.807) is 11.3 Å². The van der Waals surface area contributed by atoms with Crippen molar-refractivity contribution in [3.63, 3.8) is 0 Å². The van der Waals surface area contributed by atoms with Crippen molar-refractivity contribution >= 4 is 22.4 Å². The summed E-state index contributed by atoms with van der Waals surface area (Å²) in [6.45, 7) is 7.02. The van der Waals surface area contributed by atoms with Gasteiger partial charge in [0.25, 0.3) is 0 Å². The van der Waals surface area contributed by atoms with Crippen LogP contribution < -0.4 is 10.2 Å². The zero-order valence-corrected chi connectivity index (χ0v) is 14.6. The molecule has 0 spiro atoms. The van der Waals surface area contributed by atoms with Crippen LogP contribution >= 0.6 is 11.3 Å². The first-order chi connectivity index (χ1) is 11.2. The van der Waals surface area contributed by atoms with E-state index in [-0.39, 0.29) is 0 Å². The van der Waals surface area contributed by atoms with Crippen molar-refractivity contribution in [1.29, 1.82) is 0 Å². The average molecular weight is 332 g/mol. The highest BCUT2D eigenvalue weighted by molar-refractivity contribution is 7.15.